The maximum atomic E-state index is 12.1. The van der Waals surface area contributed by atoms with Crippen LogP contribution in [0, 0.1) is 0 Å². The Morgan fingerprint density at radius 1 is 1.39 bits per heavy atom. The molecule has 0 spiro atoms. The second-order valence-corrected chi connectivity index (χ2v) is 6.73. The summed E-state index contributed by atoms with van der Waals surface area (Å²) in [5.74, 6) is 0.534. The molecule has 0 atom stereocenters. The van der Waals surface area contributed by atoms with Crippen molar-refractivity contribution in [1.29, 1.82) is 0 Å². The first kappa shape index (κ1) is 17.6. The van der Waals surface area contributed by atoms with Crippen molar-refractivity contribution in [2.45, 2.75) is 32.6 Å². The molecule has 7 heteroatoms. The van der Waals surface area contributed by atoms with E-state index >= 15 is 0 Å². The van der Waals surface area contributed by atoms with Crippen molar-refractivity contribution in [3.63, 3.8) is 0 Å². The number of aromatic nitrogens is 3. The average molecular weight is 335 g/mol. The van der Waals surface area contributed by atoms with Gasteiger partial charge in [0.1, 0.15) is 11.4 Å². The lowest BCUT2D eigenvalue weighted by molar-refractivity contribution is 0.0948. The van der Waals surface area contributed by atoms with Gasteiger partial charge in [0.2, 0.25) is 0 Å². The number of nitrogens with zero attached hydrogens (tertiary/aromatic N) is 3. The predicted molar refractivity (Wildman–Crippen MR) is 93.8 cm³/mol. The Kier molecular flexibility index (Phi) is 6.73. The van der Waals surface area contributed by atoms with Crippen molar-refractivity contribution in [2.75, 3.05) is 27.2 Å². The quantitative estimate of drug-likeness (QED) is 0.691. The number of carbonyl (C=O) groups is 1. The number of hydrogen-bond acceptors (Lipinski definition) is 5. The van der Waals surface area contributed by atoms with Crippen LogP contribution in [0.1, 0.15) is 41.7 Å². The number of unbranched alkanes of at least 4 members (excludes halogenated alkanes) is 1. The lowest BCUT2D eigenvalue weighted by atomic mass is 10.3. The van der Waals surface area contributed by atoms with Crippen molar-refractivity contribution in [3.05, 3.63) is 22.3 Å². The van der Waals surface area contributed by atoms with Gasteiger partial charge in [0.15, 0.2) is 5.82 Å². The van der Waals surface area contributed by atoms with Crippen LogP contribution in [0.15, 0.2) is 11.6 Å². The van der Waals surface area contributed by atoms with Gasteiger partial charge < -0.3 is 15.2 Å². The number of nitrogens with one attached hydrogen (secondary N) is 2. The first-order valence-electron chi connectivity index (χ1n) is 8.03. The molecule has 0 unspecified atom stereocenters. The highest BCUT2D eigenvalue weighted by molar-refractivity contribution is 7.09. The fourth-order valence-electron chi connectivity index (χ4n) is 2.12. The number of carbonyl (C=O) groups excluding carboxylic acids is 1. The summed E-state index contributed by atoms with van der Waals surface area (Å²) in [4.78, 5) is 26.1. The van der Waals surface area contributed by atoms with Crippen molar-refractivity contribution < 1.29 is 4.79 Å². The standard InChI is InChI=1S/C16H25N5OS/c1-4-5-7-14-19-13(11-23-14)15-18-10-12(20-15)16(22)17-8-6-9-21(2)3/h10-11H,4-9H2,1-3H3,(H,17,22)(H,18,20). The van der Waals surface area contributed by atoms with Crippen molar-refractivity contribution in [3.8, 4) is 11.5 Å². The van der Waals surface area contributed by atoms with Gasteiger partial charge in [-0.25, -0.2) is 9.97 Å². The van der Waals surface area contributed by atoms with Gasteiger partial charge >= 0.3 is 0 Å². The first-order valence-corrected chi connectivity index (χ1v) is 8.90. The van der Waals surface area contributed by atoms with Gasteiger partial charge in [-0.2, -0.15) is 0 Å². The molecule has 0 radical (unpaired) electrons. The van der Waals surface area contributed by atoms with Crippen LogP contribution in [-0.4, -0.2) is 52.9 Å². The Morgan fingerprint density at radius 2 is 2.22 bits per heavy atom. The molecule has 0 aliphatic carbocycles. The minimum Gasteiger partial charge on any atom is -0.351 e. The summed E-state index contributed by atoms with van der Waals surface area (Å²) in [5.41, 5.74) is 1.29. The number of aromatic amines is 1. The van der Waals surface area contributed by atoms with Crippen LogP contribution in [0.5, 0.6) is 0 Å². The third-order valence-corrected chi connectivity index (χ3v) is 4.34. The molecule has 2 N–H and O–H groups in total. The zero-order valence-electron chi connectivity index (χ0n) is 14.1. The van der Waals surface area contributed by atoms with Crippen LogP contribution < -0.4 is 5.32 Å². The number of aryl methyl sites for hydroxylation is 1. The molecule has 6 nitrogen and oxygen atoms in total. The van der Waals surface area contributed by atoms with E-state index in [2.05, 4.69) is 32.1 Å². The Hall–Kier alpha value is -1.73. The fraction of sp³-hybridized carbons (Fsp3) is 0.562. The lowest BCUT2D eigenvalue weighted by Gasteiger charge is -2.09. The van der Waals surface area contributed by atoms with Gasteiger partial charge in [-0.05, 0) is 39.9 Å². The topological polar surface area (TPSA) is 73.9 Å². The maximum absolute atomic E-state index is 12.1. The number of H-pyrrole nitrogens is 1. The molecule has 0 aromatic carbocycles. The zero-order valence-corrected chi connectivity index (χ0v) is 14.9. The van der Waals surface area contributed by atoms with Crippen molar-refractivity contribution in [2.24, 2.45) is 0 Å². The molecule has 0 aliphatic rings. The minimum atomic E-state index is -0.121. The Morgan fingerprint density at radius 3 is 2.96 bits per heavy atom. The fourth-order valence-corrected chi connectivity index (χ4v) is 2.95. The average Bonchev–Trinajstić information content (AvgIpc) is 3.17. The molecule has 126 valence electrons. The highest BCUT2D eigenvalue weighted by Gasteiger charge is 2.12. The van der Waals surface area contributed by atoms with Gasteiger partial charge in [-0.1, -0.05) is 13.3 Å². The molecule has 0 saturated heterocycles. The highest BCUT2D eigenvalue weighted by atomic mass is 32.1. The largest absolute Gasteiger partial charge is 0.351 e. The van der Waals surface area contributed by atoms with Crippen molar-refractivity contribution >= 4 is 17.2 Å². The number of rotatable bonds is 9. The van der Waals surface area contributed by atoms with Crippen LogP contribution in [-0.2, 0) is 6.42 Å². The van der Waals surface area contributed by atoms with E-state index in [1.54, 1.807) is 17.5 Å². The number of amides is 1. The second-order valence-electron chi connectivity index (χ2n) is 5.79. The third-order valence-electron chi connectivity index (χ3n) is 3.43. The zero-order chi connectivity index (χ0) is 16.7. The van der Waals surface area contributed by atoms with Crippen LogP contribution >= 0.6 is 11.3 Å². The molecule has 0 bridgehead atoms. The summed E-state index contributed by atoms with van der Waals surface area (Å²) in [6.07, 6.45) is 5.80. The molecule has 2 rings (SSSR count). The maximum Gasteiger partial charge on any atom is 0.269 e. The molecule has 2 heterocycles. The summed E-state index contributed by atoms with van der Waals surface area (Å²) in [6, 6.07) is 0. The number of hydrogen-bond donors (Lipinski definition) is 2. The van der Waals surface area contributed by atoms with Crippen molar-refractivity contribution in [1.82, 2.24) is 25.2 Å². The third kappa shape index (κ3) is 5.44. The molecule has 2 aromatic rings. The van der Waals surface area contributed by atoms with E-state index in [4.69, 9.17) is 0 Å². The molecule has 2 aromatic heterocycles. The summed E-state index contributed by atoms with van der Waals surface area (Å²) in [6.45, 7) is 3.78. The molecule has 0 saturated carbocycles. The number of thiazole rings is 1. The second kappa shape index (κ2) is 8.79. The Bertz CT molecular complexity index is 620. The molecule has 1 amide bonds. The lowest BCUT2D eigenvalue weighted by Crippen LogP contribution is -2.27. The van der Waals surface area contributed by atoms with Gasteiger partial charge in [0.25, 0.3) is 5.91 Å². The molecule has 0 aliphatic heterocycles. The van der Waals surface area contributed by atoms with E-state index in [0.29, 0.717) is 18.1 Å². The summed E-state index contributed by atoms with van der Waals surface area (Å²) < 4.78 is 0. The SMILES string of the molecule is CCCCc1nc(-c2ncc(C(=O)NCCCN(C)C)[nH]2)cs1. The van der Waals surface area contributed by atoms with E-state index in [9.17, 15) is 4.79 Å². The van der Waals surface area contributed by atoms with E-state index in [0.717, 1.165) is 42.9 Å². The Balaban J connectivity index is 1.89. The normalized spacial score (nSPS) is 11.1. The molecule has 23 heavy (non-hydrogen) atoms. The Labute approximate surface area is 141 Å². The van der Waals surface area contributed by atoms with Gasteiger partial charge in [-0.15, -0.1) is 11.3 Å². The molecule has 0 fully saturated rings. The van der Waals surface area contributed by atoms with E-state index in [-0.39, 0.29) is 5.91 Å². The highest BCUT2D eigenvalue weighted by Crippen LogP contribution is 2.20. The van der Waals surface area contributed by atoms with Gasteiger partial charge in [-0.3, -0.25) is 4.79 Å². The smallest absolute Gasteiger partial charge is 0.269 e. The minimum absolute atomic E-state index is 0.121. The van der Waals surface area contributed by atoms with E-state index in [1.165, 1.54) is 0 Å². The van der Waals surface area contributed by atoms with Crippen LogP contribution in [0.2, 0.25) is 0 Å². The van der Waals surface area contributed by atoms with Crippen LogP contribution in [0.3, 0.4) is 0 Å². The van der Waals surface area contributed by atoms with Gasteiger partial charge in [0.05, 0.1) is 11.2 Å². The monoisotopic (exact) mass is 335 g/mol. The van der Waals surface area contributed by atoms with Crippen LogP contribution in [0.25, 0.3) is 11.5 Å². The molecular formula is C16H25N5OS. The van der Waals surface area contributed by atoms with E-state index < -0.39 is 0 Å². The van der Waals surface area contributed by atoms with E-state index in [1.807, 2.05) is 19.5 Å². The molecular weight excluding hydrogens is 310 g/mol. The summed E-state index contributed by atoms with van der Waals surface area (Å²) in [5, 5.41) is 6.00. The predicted octanol–water partition coefficient (Wildman–Crippen LogP) is 2.56. The van der Waals surface area contributed by atoms with Gasteiger partial charge in [0, 0.05) is 11.9 Å². The van der Waals surface area contributed by atoms with Crippen LogP contribution in [0.4, 0.5) is 0 Å². The summed E-state index contributed by atoms with van der Waals surface area (Å²) in [7, 11) is 4.04. The summed E-state index contributed by atoms with van der Waals surface area (Å²) >= 11 is 1.65. The number of imidazole rings is 1. The first-order chi connectivity index (χ1) is 11.1.